The third kappa shape index (κ3) is 7.36. The van der Waals surface area contributed by atoms with Gasteiger partial charge in [0.15, 0.2) is 5.96 Å². The van der Waals surface area contributed by atoms with Crippen LogP contribution in [0.2, 0.25) is 0 Å². The number of hydrogen-bond acceptors (Lipinski definition) is 1. The van der Waals surface area contributed by atoms with E-state index in [4.69, 9.17) is 17.2 Å². The Morgan fingerprint density at radius 3 is 2.06 bits per heavy atom. The van der Waals surface area contributed by atoms with Crippen molar-refractivity contribution in [1.82, 2.24) is 0 Å². The van der Waals surface area contributed by atoms with Gasteiger partial charge in [0.25, 0.3) is 0 Å². The summed E-state index contributed by atoms with van der Waals surface area (Å²) in [5, 5.41) is 0. The van der Waals surface area contributed by atoms with Crippen molar-refractivity contribution in [2.24, 2.45) is 27.2 Å². The van der Waals surface area contributed by atoms with Crippen LogP contribution in [-0.4, -0.2) is 16.8 Å². The minimum atomic E-state index is -0.0971. The maximum absolute atomic E-state index is 5.48. The first kappa shape index (κ1) is 16.4. The fourth-order valence-electron chi connectivity index (χ4n) is 0.949. The normalized spacial score (nSPS) is 10.2. The topological polar surface area (TPSA) is 103 Å². The van der Waals surface area contributed by atoms with Crippen molar-refractivity contribution in [3.8, 4) is 0 Å². The van der Waals surface area contributed by atoms with E-state index in [1.807, 2.05) is 29.2 Å². The van der Waals surface area contributed by atoms with Crippen molar-refractivity contribution in [2.45, 2.75) is 4.43 Å². The summed E-state index contributed by atoms with van der Waals surface area (Å²) in [6.07, 6.45) is 0. The Kier molecular flexibility index (Phi) is 9.13. The molecule has 7 heteroatoms. The number of nitrogens with two attached hydrogens (primary N) is 3. The monoisotopic (exact) mass is 459 g/mol. The quantitative estimate of drug-likeness (QED) is 0.273. The van der Waals surface area contributed by atoms with Crippen molar-refractivity contribution < 1.29 is 0 Å². The van der Waals surface area contributed by atoms with Gasteiger partial charge in [-0.15, -0.1) is 0 Å². The number of alkyl halides is 2. The number of nitrogens with zero attached hydrogens (tertiary/aromatic N) is 2. The zero-order chi connectivity index (χ0) is 13.3. The molecule has 0 atom stereocenters. The largest absolute Gasteiger partial charge is 0.370 e. The van der Waals surface area contributed by atoms with E-state index < -0.39 is 0 Å². The van der Waals surface area contributed by atoms with E-state index in [0.29, 0.717) is 0 Å². The Labute approximate surface area is 128 Å². The van der Waals surface area contributed by atoms with Gasteiger partial charge in [0.05, 0.1) is 5.69 Å². The molecule has 0 heterocycles. The van der Waals surface area contributed by atoms with Gasteiger partial charge in [-0.3, -0.25) is 0 Å². The van der Waals surface area contributed by atoms with Crippen LogP contribution in [0.5, 0.6) is 0 Å². The van der Waals surface area contributed by atoms with E-state index in [1.165, 1.54) is 5.56 Å². The van der Waals surface area contributed by atoms with Crippen LogP contribution in [0, 0.1) is 0 Å². The molecule has 1 aromatic rings. The van der Waals surface area contributed by atoms with Crippen molar-refractivity contribution in [3.63, 3.8) is 0 Å². The maximum atomic E-state index is 5.48. The number of benzene rings is 1. The van der Waals surface area contributed by atoms with Crippen LogP contribution < -0.4 is 17.2 Å². The smallest absolute Gasteiger partial charge is 0.223 e. The van der Waals surface area contributed by atoms with E-state index in [-0.39, 0.29) is 11.9 Å². The lowest BCUT2D eigenvalue weighted by atomic mass is 10.2. The van der Waals surface area contributed by atoms with E-state index in [9.17, 15) is 0 Å². The molecule has 0 radical (unpaired) electrons. The predicted octanol–water partition coefficient (Wildman–Crippen LogP) is 1.89. The standard InChI is InChI=1S/C9H12IN5.CH3I/c10-5-6-1-3-7(4-2-6)14-9(13)15-8(11)12;1-2/h1-4H,5H2,(H6,11,12,13,14,15);1H3. The first-order valence-electron chi connectivity index (χ1n) is 4.58. The van der Waals surface area contributed by atoms with Crippen LogP contribution in [-0.2, 0) is 4.43 Å². The highest BCUT2D eigenvalue weighted by Crippen LogP contribution is 2.14. The van der Waals surface area contributed by atoms with E-state index in [1.54, 1.807) is 0 Å². The molecule has 17 heavy (non-hydrogen) atoms. The number of hydrogen-bond donors (Lipinski definition) is 3. The highest BCUT2D eigenvalue weighted by Gasteiger charge is 1.93. The van der Waals surface area contributed by atoms with Crippen LogP contribution in [0.15, 0.2) is 34.3 Å². The van der Waals surface area contributed by atoms with Gasteiger partial charge in [-0.05, 0) is 22.6 Å². The highest BCUT2D eigenvalue weighted by atomic mass is 127. The summed E-state index contributed by atoms with van der Waals surface area (Å²) < 4.78 is 0.963. The fourth-order valence-corrected chi connectivity index (χ4v) is 1.46. The number of rotatable bonds is 2. The lowest BCUT2D eigenvalue weighted by Gasteiger charge is -1.97. The van der Waals surface area contributed by atoms with E-state index in [0.717, 1.165) is 10.1 Å². The Hall–Kier alpha value is -0.580. The highest BCUT2D eigenvalue weighted by molar-refractivity contribution is 14.1. The van der Waals surface area contributed by atoms with E-state index in [2.05, 4.69) is 55.2 Å². The van der Waals surface area contributed by atoms with Crippen molar-refractivity contribution in [1.29, 1.82) is 0 Å². The van der Waals surface area contributed by atoms with Gasteiger partial charge >= 0.3 is 0 Å². The summed E-state index contributed by atoms with van der Waals surface area (Å²) in [7, 11) is 0. The molecule has 6 N–H and O–H groups in total. The first-order chi connectivity index (χ1) is 8.11. The molecule has 0 bridgehead atoms. The molecule has 0 aromatic heterocycles. The Balaban J connectivity index is 0.00000121. The molecule has 0 aliphatic heterocycles. The van der Waals surface area contributed by atoms with Gasteiger partial charge in [0, 0.05) is 4.43 Å². The molecule has 0 saturated carbocycles. The summed E-state index contributed by atoms with van der Waals surface area (Å²) in [5.41, 5.74) is 17.8. The summed E-state index contributed by atoms with van der Waals surface area (Å²) in [4.78, 5) is 9.60. The lowest BCUT2D eigenvalue weighted by Crippen LogP contribution is -2.26. The fraction of sp³-hybridized carbons (Fsp3) is 0.200. The third-order valence-corrected chi connectivity index (χ3v) is 2.46. The van der Waals surface area contributed by atoms with Gasteiger partial charge < -0.3 is 17.2 Å². The second kappa shape index (κ2) is 9.45. The average molecular weight is 459 g/mol. The lowest BCUT2D eigenvalue weighted by molar-refractivity contribution is 1.36. The molecule has 0 spiro atoms. The number of aliphatic imine (C=N–C) groups is 2. The molecular weight excluding hydrogens is 444 g/mol. The molecule has 1 rings (SSSR count). The second-order valence-corrected chi connectivity index (χ2v) is 3.57. The van der Waals surface area contributed by atoms with Crippen molar-refractivity contribution in [3.05, 3.63) is 29.8 Å². The van der Waals surface area contributed by atoms with Crippen molar-refractivity contribution in [2.75, 3.05) is 4.93 Å². The Bertz CT molecular complexity index is 382. The molecule has 0 aliphatic carbocycles. The van der Waals surface area contributed by atoms with E-state index >= 15 is 0 Å². The Morgan fingerprint density at radius 2 is 1.65 bits per heavy atom. The molecule has 5 nitrogen and oxygen atoms in total. The van der Waals surface area contributed by atoms with Gasteiger partial charge in [-0.25, -0.2) is 4.99 Å². The van der Waals surface area contributed by atoms with Crippen LogP contribution in [0.1, 0.15) is 5.56 Å². The minimum absolute atomic E-state index is 0.0530. The summed E-state index contributed by atoms with van der Waals surface area (Å²) in [6, 6.07) is 7.69. The Morgan fingerprint density at radius 1 is 1.12 bits per heavy atom. The zero-order valence-electron chi connectivity index (χ0n) is 9.40. The van der Waals surface area contributed by atoms with Crippen LogP contribution >= 0.6 is 45.2 Å². The molecule has 0 saturated heterocycles. The summed E-state index contributed by atoms with van der Waals surface area (Å²) >= 11 is 4.44. The summed E-state index contributed by atoms with van der Waals surface area (Å²) in [6.45, 7) is 0. The van der Waals surface area contributed by atoms with Gasteiger partial charge in [-0.2, -0.15) is 4.99 Å². The molecule has 0 amide bonds. The molecule has 0 unspecified atom stereocenters. The summed E-state index contributed by atoms with van der Waals surface area (Å²) in [5.74, 6) is -0.0441. The van der Waals surface area contributed by atoms with Gasteiger partial charge in [-0.1, -0.05) is 57.3 Å². The first-order valence-corrected chi connectivity index (χ1v) is 8.26. The molecule has 0 aliphatic rings. The SMILES string of the molecule is CI.NC(N)=NC(N)=Nc1ccc(CI)cc1. The maximum Gasteiger partial charge on any atom is 0.223 e. The van der Waals surface area contributed by atoms with Gasteiger partial charge in [0.1, 0.15) is 0 Å². The van der Waals surface area contributed by atoms with Crippen LogP contribution in [0.25, 0.3) is 0 Å². The zero-order valence-corrected chi connectivity index (χ0v) is 13.7. The van der Waals surface area contributed by atoms with Crippen molar-refractivity contribution >= 4 is 62.8 Å². The van der Waals surface area contributed by atoms with Gasteiger partial charge in [0.2, 0.25) is 5.96 Å². The second-order valence-electron chi connectivity index (χ2n) is 2.81. The minimum Gasteiger partial charge on any atom is -0.370 e. The average Bonchev–Trinajstić information content (AvgIpc) is 2.31. The molecular formula is C10H15I2N5. The predicted molar refractivity (Wildman–Crippen MR) is 91.2 cm³/mol. The molecule has 94 valence electrons. The van der Waals surface area contributed by atoms with Crippen LogP contribution in [0.4, 0.5) is 5.69 Å². The molecule has 0 fully saturated rings. The molecule has 1 aromatic carbocycles. The number of halogens is 2. The third-order valence-electron chi connectivity index (χ3n) is 1.58. The van der Waals surface area contributed by atoms with Crippen LogP contribution in [0.3, 0.4) is 0 Å². The number of guanidine groups is 2.